The summed E-state index contributed by atoms with van der Waals surface area (Å²) in [5.74, 6) is -0.211. The minimum Gasteiger partial charge on any atom is -0.481 e. The molecule has 1 unspecified atom stereocenters. The molecule has 2 N–H and O–H groups in total. The van der Waals surface area contributed by atoms with Gasteiger partial charge in [-0.15, -0.1) is 13.2 Å². The number of rotatable bonds is 4. The van der Waals surface area contributed by atoms with E-state index in [9.17, 15) is 18.0 Å². The molecule has 1 spiro atoms. The predicted octanol–water partition coefficient (Wildman–Crippen LogP) is 4.37. The van der Waals surface area contributed by atoms with Crippen LogP contribution in [0.3, 0.4) is 0 Å². The van der Waals surface area contributed by atoms with E-state index in [4.69, 9.17) is 9.84 Å². The number of imidazole rings is 1. The van der Waals surface area contributed by atoms with Crippen molar-refractivity contribution >= 4 is 22.8 Å². The molecule has 11 heteroatoms. The average molecular weight is 476 g/mol. The highest BCUT2D eigenvalue weighted by Gasteiger charge is 2.41. The first-order valence-corrected chi connectivity index (χ1v) is 11.0. The number of nitrogens with one attached hydrogen (secondary N) is 1. The van der Waals surface area contributed by atoms with Crippen molar-refractivity contribution in [1.29, 1.82) is 0 Å². The number of nitrogens with zero attached hydrogens (tertiary/aromatic N) is 3. The molecular weight excluding hydrogens is 453 g/mol. The summed E-state index contributed by atoms with van der Waals surface area (Å²) in [7, 11) is 0. The van der Waals surface area contributed by atoms with Gasteiger partial charge in [0.15, 0.2) is 0 Å². The summed E-state index contributed by atoms with van der Waals surface area (Å²) in [6.45, 7) is 1.79. The van der Waals surface area contributed by atoms with Crippen molar-refractivity contribution in [2.45, 2.75) is 37.6 Å². The van der Waals surface area contributed by atoms with Gasteiger partial charge in [-0.2, -0.15) is 0 Å². The van der Waals surface area contributed by atoms with Crippen molar-refractivity contribution in [2.24, 2.45) is 5.92 Å². The summed E-state index contributed by atoms with van der Waals surface area (Å²) in [6, 6.07) is 7.71. The standard InChI is InChI=1S/C23H23F3N4O4/c24-23(25,26)34-16-2-3-17-18(11-16)29-20(28-17)14-1-4-19(27-12-14)30-9-7-22(8-10-30)6-5-15(13-33-22)21(31)32/h1-4,11-12,15H,5-10,13H2,(H,28,29)(H,31,32). The van der Waals surface area contributed by atoms with Crippen LogP contribution in [0.2, 0.25) is 0 Å². The van der Waals surface area contributed by atoms with E-state index < -0.39 is 18.2 Å². The normalized spacial score (nSPS) is 20.6. The number of carboxylic acid groups (broad SMARTS) is 1. The minimum absolute atomic E-state index is 0.245. The SMILES string of the molecule is O=C(O)C1CCC2(CCN(c3ccc(-c4nc5ccc(OC(F)(F)F)cc5[nH]4)cn3)CC2)OC1. The maximum atomic E-state index is 12.5. The van der Waals surface area contributed by atoms with E-state index in [0.29, 0.717) is 28.8 Å². The zero-order valence-corrected chi connectivity index (χ0v) is 18.1. The second kappa shape index (κ2) is 8.46. The lowest BCUT2D eigenvalue weighted by Crippen LogP contribution is -2.50. The molecule has 0 bridgehead atoms. The van der Waals surface area contributed by atoms with Crippen LogP contribution < -0.4 is 9.64 Å². The van der Waals surface area contributed by atoms with Gasteiger partial charge >= 0.3 is 12.3 Å². The van der Waals surface area contributed by atoms with Crippen LogP contribution in [0.1, 0.15) is 25.7 Å². The number of pyridine rings is 1. The van der Waals surface area contributed by atoms with Gasteiger partial charge in [0, 0.05) is 30.9 Å². The number of aromatic amines is 1. The Morgan fingerprint density at radius 2 is 2.00 bits per heavy atom. The van der Waals surface area contributed by atoms with Crippen LogP contribution in [0.5, 0.6) is 5.75 Å². The Morgan fingerprint density at radius 1 is 1.21 bits per heavy atom. The van der Waals surface area contributed by atoms with E-state index in [1.54, 1.807) is 6.20 Å². The maximum absolute atomic E-state index is 12.5. The fourth-order valence-corrected chi connectivity index (χ4v) is 4.64. The van der Waals surface area contributed by atoms with E-state index >= 15 is 0 Å². The average Bonchev–Trinajstić information content (AvgIpc) is 3.22. The first-order chi connectivity index (χ1) is 16.2. The number of alkyl halides is 3. The van der Waals surface area contributed by atoms with Crippen LogP contribution in [0.25, 0.3) is 22.4 Å². The third-order valence-electron chi connectivity index (χ3n) is 6.60. The number of aromatic nitrogens is 3. The summed E-state index contributed by atoms with van der Waals surface area (Å²) in [6.07, 6.45) is -0.0492. The van der Waals surface area contributed by atoms with E-state index in [0.717, 1.165) is 38.2 Å². The van der Waals surface area contributed by atoms with Crippen molar-refractivity contribution in [1.82, 2.24) is 15.0 Å². The summed E-state index contributed by atoms with van der Waals surface area (Å²) in [4.78, 5) is 25.3. The monoisotopic (exact) mass is 476 g/mol. The quantitative estimate of drug-likeness (QED) is 0.577. The molecular formula is C23H23F3N4O4. The van der Waals surface area contributed by atoms with Gasteiger partial charge in [0.05, 0.1) is 29.2 Å². The van der Waals surface area contributed by atoms with Gasteiger partial charge in [-0.3, -0.25) is 4.79 Å². The highest BCUT2D eigenvalue weighted by atomic mass is 19.4. The Kier molecular flexibility index (Phi) is 5.59. The van der Waals surface area contributed by atoms with Gasteiger partial charge < -0.3 is 24.5 Å². The van der Waals surface area contributed by atoms with Crippen LogP contribution in [0.15, 0.2) is 36.5 Å². The van der Waals surface area contributed by atoms with Gasteiger partial charge in [-0.25, -0.2) is 9.97 Å². The largest absolute Gasteiger partial charge is 0.573 e. The van der Waals surface area contributed by atoms with Gasteiger partial charge in [0.25, 0.3) is 0 Å². The van der Waals surface area contributed by atoms with Gasteiger partial charge in [0.1, 0.15) is 17.4 Å². The summed E-state index contributed by atoms with van der Waals surface area (Å²) in [5, 5.41) is 9.16. The summed E-state index contributed by atoms with van der Waals surface area (Å²) < 4.78 is 47.3. The van der Waals surface area contributed by atoms with Crippen molar-refractivity contribution in [3.63, 3.8) is 0 Å². The molecule has 4 heterocycles. The molecule has 2 saturated heterocycles. The second-order valence-corrected chi connectivity index (χ2v) is 8.77. The van der Waals surface area contributed by atoms with Gasteiger partial charge in [-0.05, 0) is 49.9 Å². The number of carboxylic acids is 1. The molecule has 2 aliphatic heterocycles. The lowest BCUT2D eigenvalue weighted by atomic mass is 9.82. The molecule has 2 aromatic heterocycles. The maximum Gasteiger partial charge on any atom is 0.573 e. The van der Waals surface area contributed by atoms with Crippen molar-refractivity contribution in [3.8, 4) is 17.1 Å². The Labute approximate surface area is 192 Å². The number of carbonyl (C=O) groups is 1. The molecule has 2 fully saturated rings. The van der Waals surface area contributed by atoms with Crippen LogP contribution in [-0.2, 0) is 9.53 Å². The van der Waals surface area contributed by atoms with Crippen LogP contribution in [0, 0.1) is 5.92 Å². The number of hydrogen-bond donors (Lipinski definition) is 2. The third-order valence-corrected chi connectivity index (χ3v) is 6.60. The summed E-state index contributed by atoms with van der Waals surface area (Å²) >= 11 is 0. The number of hydrogen-bond acceptors (Lipinski definition) is 6. The number of benzene rings is 1. The van der Waals surface area contributed by atoms with E-state index in [2.05, 4.69) is 24.6 Å². The molecule has 0 aliphatic carbocycles. The molecule has 2 aliphatic rings. The molecule has 1 aromatic carbocycles. The number of H-pyrrole nitrogens is 1. The van der Waals surface area contributed by atoms with Crippen molar-refractivity contribution in [2.75, 3.05) is 24.6 Å². The fourth-order valence-electron chi connectivity index (χ4n) is 4.64. The van der Waals surface area contributed by atoms with Gasteiger partial charge in [-0.1, -0.05) is 0 Å². The molecule has 1 atom stereocenters. The first kappa shape index (κ1) is 22.5. The van der Waals surface area contributed by atoms with E-state index in [1.807, 2.05) is 12.1 Å². The van der Waals surface area contributed by atoms with Crippen LogP contribution in [-0.4, -0.2) is 57.7 Å². The molecule has 0 radical (unpaired) electrons. The Hall–Kier alpha value is -3.34. The number of fused-ring (bicyclic) bond motifs is 1. The zero-order chi connectivity index (χ0) is 23.9. The highest BCUT2D eigenvalue weighted by molar-refractivity contribution is 5.80. The molecule has 34 heavy (non-hydrogen) atoms. The van der Waals surface area contributed by atoms with Crippen molar-refractivity contribution in [3.05, 3.63) is 36.5 Å². The highest BCUT2D eigenvalue weighted by Crippen LogP contribution is 2.38. The fraction of sp³-hybridized carbons (Fsp3) is 0.435. The smallest absolute Gasteiger partial charge is 0.481 e. The predicted molar refractivity (Wildman–Crippen MR) is 116 cm³/mol. The number of aliphatic carboxylic acids is 1. The minimum atomic E-state index is -4.76. The number of halogens is 3. The van der Waals surface area contributed by atoms with E-state index in [-0.39, 0.29) is 18.0 Å². The number of ether oxygens (including phenoxy) is 2. The summed E-state index contributed by atoms with van der Waals surface area (Å²) in [5.41, 5.74) is 1.42. The van der Waals surface area contributed by atoms with Crippen LogP contribution >= 0.6 is 0 Å². The van der Waals surface area contributed by atoms with Crippen LogP contribution in [0.4, 0.5) is 19.0 Å². The van der Waals surface area contributed by atoms with Crippen molar-refractivity contribution < 1.29 is 32.5 Å². The molecule has 0 amide bonds. The molecule has 180 valence electrons. The molecule has 3 aromatic rings. The number of anilines is 1. The molecule has 5 rings (SSSR count). The Balaban J connectivity index is 1.24. The third kappa shape index (κ3) is 4.65. The zero-order valence-electron chi connectivity index (χ0n) is 18.1. The second-order valence-electron chi connectivity index (χ2n) is 8.77. The first-order valence-electron chi connectivity index (χ1n) is 11.0. The van der Waals surface area contributed by atoms with Gasteiger partial charge in [0.2, 0.25) is 0 Å². The Bertz CT molecular complexity index is 1180. The topological polar surface area (TPSA) is 101 Å². The Morgan fingerprint density at radius 3 is 2.62 bits per heavy atom. The van der Waals surface area contributed by atoms with E-state index in [1.165, 1.54) is 18.2 Å². The molecule has 0 saturated carbocycles. The molecule has 8 nitrogen and oxygen atoms in total. The lowest BCUT2D eigenvalue weighted by Gasteiger charge is -2.45. The number of piperidine rings is 1. The lowest BCUT2D eigenvalue weighted by molar-refractivity contribution is -0.274.